The van der Waals surface area contributed by atoms with Crippen LogP contribution in [0.2, 0.25) is 0 Å². The lowest BCUT2D eigenvalue weighted by atomic mass is 9.85. The molecule has 4 aliphatic rings. The summed E-state index contributed by atoms with van der Waals surface area (Å²) in [6.07, 6.45) is 3.33. The molecule has 4 fully saturated rings. The van der Waals surface area contributed by atoms with Gasteiger partial charge in [0.05, 0.1) is 45.6 Å². The minimum absolute atomic E-state index is 0.00880. The lowest BCUT2D eigenvalue weighted by Crippen LogP contribution is -2.74. The van der Waals surface area contributed by atoms with Crippen LogP contribution in [-0.2, 0) is 20.3 Å². The van der Waals surface area contributed by atoms with Crippen LogP contribution in [0.1, 0.15) is 99.1 Å². The molecule has 0 saturated carbocycles. The number of ether oxygens (including phenoxy) is 4. The van der Waals surface area contributed by atoms with Gasteiger partial charge < -0.3 is 29.2 Å². The average Bonchev–Trinajstić information content (AvgIpc) is 3.10. The summed E-state index contributed by atoms with van der Waals surface area (Å²) in [7, 11) is 3.21. The third-order valence-electron chi connectivity index (χ3n) is 11.3. The van der Waals surface area contributed by atoms with Gasteiger partial charge in [-0.25, -0.2) is 4.39 Å². The summed E-state index contributed by atoms with van der Waals surface area (Å²) in [4.78, 5) is 33.6. The first-order chi connectivity index (χ1) is 24.1. The molecule has 2 aromatic carbocycles. The summed E-state index contributed by atoms with van der Waals surface area (Å²) in [5.41, 5.74) is 2.10. The maximum Gasteiger partial charge on any atom is 0.254 e. The molecule has 1 spiro atoms. The van der Waals surface area contributed by atoms with Crippen molar-refractivity contribution in [3.8, 4) is 11.5 Å². The van der Waals surface area contributed by atoms with E-state index in [-0.39, 0.29) is 34.4 Å². The second-order valence-electron chi connectivity index (χ2n) is 16.7. The number of halogens is 1. The number of hydrogen-bond donors (Lipinski definition) is 1. The SMILES string of the molecule is COc1cc(C(=O)N2CCC(N3CCOC4(C3)OCC4N3CCC(NC(=O)c4cc(OC)c(C(C)(C)C)cc4F)CC3)CC2)ccc1C(C)(C)C. The average molecular weight is 709 g/mol. The molecule has 4 heterocycles. The van der Waals surface area contributed by atoms with E-state index >= 15 is 4.39 Å². The van der Waals surface area contributed by atoms with Gasteiger partial charge in [-0.2, -0.15) is 0 Å². The Morgan fingerprint density at radius 2 is 1.47 bits per heavy atom. The van der Waals surface area contributed by atoms with Crippen molar-refractivity contribution in [2.45, 2.75) is 102 Å². The molecule has 1 N–H and O–H groups in total. The molecular weight excluding hydrogens is 651 g/mol. The van der Waals surface area contributed by atoms with Gasteiger partial charge in [-0.1, -0.05) is 47.6 Å². The monoisotopic (exact) mass is 708 g/mol. The van der Waals surface area contributed by atoms with Crippen molar-refractivity contribution in [2.24, 2.45) is 0 Å². The standard InChI is InChI=1S/C40H57FN4O6/c1-38(2,3)30-10-9-26(21-33(30)48-7)37(47)44-17-13-28(14-18-44)45-19-20-50-40(25-45)35(24-51-40)43-15-11-27(12-16-43)42-36(46)29-22-34(49-8)31(23-32(29)41)39(4,5)6/h9-10,21-23,27-28,35H,11-20,24-25H2,1-8H3,(H,42,46). The molecule has 10 nitrogen and oxygen atoms in total. The van der Waals surface area contributed by atoms with Crippen LogP contribution in [0.4, 0.5) is 4.39 Å². The van der Waals surface area contributed by atoms with Gasteiger partial charge in [0.15, 0.2) is 5.79 Å². The molecule has 11 heteroatoms. The Morgan fingerprint density at radius 3 is 2.06 bits per heavy atom. The number of nitrogens with zero attached hydrogens (tertiary/aromatic N) is 3. The largest absolute Gasteiger partial charge is 0.496 e. The van der Waals surface area contributed by atoms with Crippen LogP contribution >= 0.6 is 0 Å². The first kappa shape index (κ1) is 37.5. The van der Waals surface area contributed by atoms with Crippen LogP contribution in [0.25, 0.3) is 0 Å². The Morgan fingerprint density at radius 1 is 0.824 bits per heavy atom. The van der Waals surface area contributed by atoms with Crippen molar-refractivity contribution >= 4 is 11.8 Å². The molecule has 51 heavy (non-hydrogen) atoms. The molecule has 0 bridgehead atoms. The highest BCUT2D eigenvalue weighted by Gasteiger charge is 2.56. The van der Waals surface area contributed by atoms with Crippen LogP contribution in [0, 0.1) is 5.82 Å². The molecule has 2 aromatic rings. The van der Waals surface area contributed by atoms with Crippen molar-refractivity contribution < 1.29 is 32.9 Å². The van der Waals surface area contributed by atoms with E-state index in [0.29, 0.717) is 50.2 Å². The molecule has 280 valence electrons. The van der Waals surface area contributed by atoms with Crippen LogP contribution in [0.5, 0.6) is 11.5 Å². The Kier molecular flexibility index (Phi) is 10.8. The Balaban J connectivity index is 1.00. The highest BCUT2D eigenvalue weighted by molar-refractivity contribution is 5.95. The fourth-order valence-electron chi connectivity index (χ4n) is 8.23. The summed E-state index contributed by atoms with van der Waals surface area (Å²) in [5.74, 6) is -0.290. The quantitative estimate of drug-likeness (QED) is 0.411. The highest BCUT2D eigenvalue weighted by atomic mass is 19.1. The maximum atomic E-state index is 15.1. The summed E-state index contributed by atoms with van der Waals surface area (Å²) >= 11 is 0. The molecule has 6 rings (SSSR count). The zero-order valence-electron chi connectivity index (χ0n) is 31.8. The van der Waals surface area contributed by atoms with Gasteiger partial charge in [0.25, 0.3) is 11.8 Å². The number of nitrogens with one attached hydrogen (secondary N) is 1. The number of amides is 2. The van der Waals surface area contributed by atoms with Crippen molar-refractivity contribution in [3.05, 3.63) is 58.4 Å². The van der Waals surface area contributed by atoms with Gasteiger partial charge in [-0.15, -0.1) is 0 Å². The molecule has 2 atom stereocenters. The third-order valence-corrected chi connectivity index (χ3v) is 11.3. The Bertz CT molecular complexity index is 1590. The summed E-state index contributed by atoms with van der Waals surface area (Å²) in [6, 6.07) is 9.22. The van der Waals surface area contributed by atoms with Gasteiger partial charge in [-0.05, 0) is 66.3 Å². The van der Waals surface area contributed by atoms with E-state index in [1.165, 1.54) is 12.1 Å². The number of piperidine rings is 2. The molecular formula is C40H57FN4O6. The minimum atomic E-state index is -0.666. The van der Waals surface area contributed by atoms with Crippen molar-refractivity contribution in [3.63, 3.8) is 0 Å². The third kappa shape index (κ3) is 7.77. The van der Waals surface area contributed by atoms with Gasteiger partial charge in [0.1, 0.15) is 17.3 Å². The molecule has 0 aromatic heterocycles. The molecule has 0 radical (unpaired) electrons. The molecule has 4 aliphatic heterocycles. The van der Waals surface area contributed by atoms with Crippen LogP contribution in [0.15, 0.2) is 30.3 Å². The Hall–Kier alpha value is -3.25. The molecule has 0 aliphatic carbocycles. The number of methoxy groups -OCH3 is 2. The highest BCUT2D eigenvalue weighted by Crippen LogP contribution is 2.39. The number of rotatable bonds is 7. The van der Waals surface area contributed by atoms with Crippen molar-refractivity contribution in [1.29, 1.82) is 0 Å². The van der Waals surface area contributed by atoms with Crippen LogP contribution in [0.3, 0.4) is 0 Å². The van der Waals surface area contributed by atoms with E-state index in [0.717, 1.165) is 62.2 Å². The maximum absolute atomic E-state index is 15.1. The van der Waals surface area contributed by atoms with Crippen LogP contribution in [-0.4, -0.2) is 117 Å². The van der Waals surface area contributed by atoms with Crippen LogP contribution < -0.4 is 14.8 Å². The lowest BCUT2D eigenvalue weighted by Gasteiger charge is -2.58. The summed E-state index contributed by atoms with van der Waals surface area (Å²) < 4.78 is 38.9. The van der Waals surface area contributed by atoms with E-state index in [2.05, 4.69) is 35.9 Å². The van der Waals surface area contributed by atoms with E-state index in [9.17, 15) is 9.59 Å². The predicted molar refractivity (Wildman–Crippen MR) is 194 cm³/mol. The van der Waals surface area contributed by atoms with E-state index < -0.39 is 17.5 Å². The Labute approximate surface area is 302 Å². The number of benzene rings is 2. The number of carbonyl (C=O) groups is 2. The molecule has 4 saturated heterocycles. The molecule has 2 amide bonds. The second-order valence-corrected chi connectivity index (χ2v) is 16.7. The van der Waals surface area contributed by atoms with Crippen molar-refractivity contribution in [1.82, 2.24) is 20.0 Å². The zero-order valence-corrected chi connectivity index (χ0v) is 31.8. The number of carbonyl (C=O) groups excluding carboxylic acids is 2. The minimum Gasteiger partial charge on any atom is -0.496 e. The topological polar surface area (TPSA) is 92.8 Å². The number of likely N-dealkylation sites (tertiary alicyclic amines) is 2. The number of hydrogen-bond acceptors (Lipinski definition) is 8. The van der Waals surface area contributed by atoms with Gasteiger partial charge in [0, 0.05) is 55.9 Å². The smallest absolute Gasteiger partial charge is 0.254 e. The molecule has 2 unspecified atom stereocenters. The van der Waals surface area contributed by atoms with Gasteiger partial charge in [0.2, 0.25) is 0 Å². The van der Waals surface area contributed by atoms with E-state index in [1.54, 1.807) is 14.2 Å². The van der Waals surface area contributed by atoms with Gasteiger partial charge >= 0.3 is 0 Å². The summed E-state index contributed by atoms with van der Waals surface area (Å²) in [6.45, 7) is 18.2. The number of morpholine rings is 1. The lowest BCUT2D eigenvalue weighted by molar-refractivity contribution is -0.368. The van der Waals surface area contributed by atoms with E-state index in [1.807, 2.05) is 43.9 Å². The fraction of sp³-hybridized carbons (Fsp3) is 0.650. The first-order valence-corrected chi connectivity index (χ1v) is 18.6. The fourth-order valence-corrected chi connectivity index (χ4v) is 8.23. The van der Waals surface area contributed by atoms with Gasteiger partial charge in [-0.3, -0.25) is 19.4 Å². The zero-order chi connectivity index (χ0) is 36.7. The predicted octanol–water partition coefficient (Wildman–Crippen LogP) is 5.36. The first-order valence-electron chi connectivity index (χ1n) is 18.6. The normalized spacial score (nSPS) is 24.3. The summed E-state index contributed by atoms with van der Waals surface area (Å²) in [5, 5.41) is 3.07. The van der Waals surface area contributed by atoms with E-state index in [4.69, 9.17) is 18.9 Å². The van der Waals surface area contributed by atoms with Crippen molar-refractivity contribution in [2.75, 3.05) is 66.7 Å². The second kappa shape index (κ2) is 14.6.